The molecule has 1 aliphatic rings. The molecular weight excluding hydrogens is 474 g/mol. The molecule has 2 aromatic heterocycles. The van der Waals surface area contributed by atoms with Crippen LogP contribution in [-0.4, -0.2) is 58.6 Å². The Labute approximate surface area is 221 Å². The van der Waals surface area contributed by atoms with Crippen molar-refractivity contribution in [2.45, 2.75) is 6.92 Å². The molecule has 38 heavy (non-hydrogen) atoms. The number of nitrogens with zero attached hydrogens (tertiary/aromatic N) is 5. The van der Waals surface area contributed by atoms with Gasteiger partial charge >= 0.3 is 0 Å². The summed E-state index contributed by atoms with van der Waals surface area (Å²) in [6.07, 6.45) is 3.82. The van der Waals surface area contributed by atoms with Crippen LogP contribution in [0.2, 0.25) is 0 Å². The Morgan fingerprint density at radius 2 is 1.55 bits per heavy atom. The number of benzene rings is 3. The first-order valence-corrected chi connectivity index (χ1v) is 12.8. The van der Waals surface area contributed by atoms with Gasteiger partial charge in [-0.2, -0.15) is 0 Å². The third kappa shape index (κ3) is 4.26. The summed E-state index contributed by atoms with van der Waals surface area (Å²) < 4.78 is 7.39. The summed E-state index contributed by atoms with van der Waals surface area (Å²) in [6, 6.07) is 26.0. The molecule has 0 radical (unpaired) electrons. The zero-order valence-electron chi connectivity index (χ0n) is 21.5. The lowest BCUT2D eigenvalue weighted by atomic mass is 10.1. The molecule has 3 aromatic carbocycles. The molecular formula is C31H29N5O2. The van der Waals surface area contributed by atoms with E-state index in [-0.39, 0.29) is 5.91 Å². The van der Waals surface area contributed by atoms with Crippen LogP contribution in [0.15, 0.2) is 91.4 Å². The van der Waals surface area contributed by atoms with E-state index in [1.54, 1.807) is 13.4 Å². The van der Waals surface area contributed by atoms with Gasteiger partial charge in [-0.05, 0) is 48.4 Å². The van der Waals surface area contributed by atoms with Gasteiger partial charge in [0, 0.05) is 49.2 Å². The lowest BCUT2D eigenvalue weighted by Crippen LogP contribution is -2.49. The smallest absolute Gasteiger partial charge is 0.253 e. The lowest BCUT2D eigenvalue weighted by molar-refractivity contribution is 0.0746. The summed E-state index contributed by atoms with van der Waals surface area (Å²) in [5.74, 6) is 1.68. The van der Waals surface area contributed by atoms with Crippen molar-refractivity contribution in [2.75, 3.05) is 38.2 Å². The van der Waals surface area contributed by atoms with Gasteiger partial charge in [-0.15, -0.1) is 0 Å². The van der Waals surface area contributed by atoms with Crippen LogP contribution in [-0.2, 0) is 0 Å². The fourth-order valence-corrected chi connectivity index (χ4v) is 5.18. The maximum Gasteiger partial charge on any atom is 0.253 e. The Balaban J connectivity index is 1.35. The predicted molar refractivity (Wildman–Crippen MR) is 150 cm³/mol. The number of fused-ring (bicyclic) bond motifs is 1. The molecule has 5 aromatic rings. The molecule has 0 aliphatic carbocycles. The van der Waals surface area contributed by atoms with E-state index in [1.165, 1.54) is 5.56 Å². The molecule has 0 unspecified atom stereocenters. The van der Waals surface area contributed by atoms with Crippen LogP contribution in [0.4, 0.5) is 5.82 Å². The Hall–Kier alpha value is -4.65. The lowest BCUT2D eigenvalue weighted by Gasteiger charge is -2.35. The van der Waals surface area contributed by atoms with Gasteiger partial charge in [-0.1, -0.05) is 48.5 Å². The summed E-state index contributed by atoms with van der Waals surface area (Å²) in [4.78, 5) is 26.8. The summed E-state index contributed by atoms with van der Waals surface area (Å²) in [7, 11) is 1.62. The van der Waals surface area contributed by atoms with Gasteiger partial charge in [0.2, 0.25) is 0 Å². The number of ether oxygens (including phenoxy) is 1. The van der Waals surface area contributed by atoms with Crippen LogP contribution >= 0.6 is 0 Å². The first-order chi connectivity index (χ1) is 18.6. The fourth-order valence-electron chi connectivity index (χ4n) is 5.18. The van der Waals surface area contributed by atoms with E-state index in [2.05, 4.69) is 71.1 Å². The van der Waals surface area contributed by atoms with E-state index >= 15 is 0 Å². The average molecular weight is 504 g/mol. The highest BCUT2D eigenvalue weighted by atomic mass is 16.5. The Kier molecular flexibility index (Phi) is 6.25. The molecule has 1 fully saturated rings. The maximum absolute atomic E-state index is 13.1. The second-order valence-corrected chi connectivity index (χ2v) is 9.47. The van der Waals surface area contributed by atoms with Crippen LogP contribution < -0.4 is 9.64 Å². The molecule has 0 N–H and O–H groups in total. The van der Waals surface area contributed by atoms with Crippen LogP contribution in [0.5, 0.6) is 5.75 Å². The van der Waals surface area contributed by atoms with Crippen molar-refractivity contribution in [3.63, 3.8) is 0 Å². The van der Waals surface area contributed by atoms with E-state index in [4.69, 9.17) is 14.7 Å². The molecule has 1 amide bonds. The summed E-state index contributed by atoms with van der Waals surface area (Å²) in [5, 5.41) is 1.02. The standard InChI is InChI=1S/C31H29N5O2/c1-22-8-6-7-11-27(22)36-20-26(23-9-4-3-5-10-23)28-29(32-21-33-30(28)36)34-16-18-35(19-17-34)31(37)24-12-14-25(38-2)15-13-24/h3-15,20-21H,16-19H2,1-2H3. The second kappa shape index (κ2) is 10.0. The van der Waals surface area contributed by atoms with Gasteiger partial charge in [0.05, 0.1) is 12.5 Å². The second-order valence-electron chi connectivity index (χ2n) is 9.47. The number of anilines is 1. The molecule has 190 valence electrons. The minimum Gasteiger partial charge on any atom is -0.497 e. The van der Waals surface area contributed by atoms with Gasteiger partial charge in [0.25, 0.3) is 5.91 Å². The van der Waals surface area contributed by atoms with Crippen molar-refractivity contribution in [1.29, 1.82) is 0 Å². The zero-order chi connectivity index (χ0) is 26.1. The number of aryl methyl sites for hydroxylation is 1. The summed E-state index contributed by atoms with van der Waals surface area (Å²) >= 11 is 0. The van der Waals surface area contributed by atoms with Gasteiger partial charge in [0.1, 0.15) is 17.9 Å². The molecule has 6 rings (SSSR count). The van der Waals surface area contributed by atoms with E-state index in [1.807, 2.05) is 35.2 Å². The van der Waals surface area contributed by atoms with Crippen molar-refractivity contribution in [2.24, 2.45) is 0 Å². The molecule has 0 saturated carbocycles. The van der Waals surface area contributed by atoms with Crippen LogP contribution in [0, 0.1) is 6.92 Å². The van der Waals surface area contributed by atoms with E-state index in [0.29, 0.717) is 31.7 Å². The van der Waals surface area contributed by atoms with Crippen molar-refractivity contribution in [1.82, 2.24) is 19.4 Å². The van der Waals surface area contributed by atoms with Crippen molar-refractivity contribution < 1.29 is 9.53 Å². The Morgan fingerprint density at radius 3 is 2.26 bits per heavy atom. The number of methoxy groups -OCH3 is 1. The van der Waals surface area contributed by atoms with Crippen molar-refractivity contribution in [3.8, 4) is 22.6 Å². The zero-order valence-corrected chi connectivity index (χ0v) is 21.5. The fraction of sp³-hybridized carbons (Fsp3) is 0.194. The van der Waals surface area contributed by atoms with Crippen LogP contribution in [0.25, 0.3) is 27.8 Å². The maximum atomic E-state index is 13.1. The monoisotopic (exact) mass is 503 g/mol. The number of hydrogen-bond acceptors (Lipinski definition) is 5. The number of amides is 1. The predicted octanol–water partition coefficient (Wildman–Crippen LogP) is 5.37. The number of piperazine rings is 1. The van der Waals surface area contributed by atoms with E-state index < -0.39 is 0 Å². The molecule has 7 nitrogen and oxygen atoms in total. The highest BCUT2D eigenvalue weighted by Gasteiger charge is 2.26. The first-order valence-electron chi connectivity index (χ1n) is 12.8. The number of para-hydroxylation sites is 1. The van der Waals surface area contributed by atoms with Gasteiger partial charge in [0.15, 0.2) is 5.65 Å². The minimum absolute atomic E-state index is 0.0378. The molecule has 0 atom stereocenters. The van der Waals surface area contributed by atoms with Gasteiger partial charge in [-0.25, -0.2) is 9.97 Å². The van der Waals surface area contributed by atoms with Crippen LogP contribution in [0.3, 0.4) is 0 Å². The Morgan fingerprint density at radius 1 is 0.842 bits per heavy atom. The summed E-state index contributed by atoms with van der Waals surface area (Å²) in [5.41, 5.74) is 6.03. The first kappa shape index (κ1) is 23.7. The van der Waals surface area contributed by atoms with Gasteiger partial charge < -0.3 is 19.1 Å². The third-order valence-electron chi connectivity index (χ3n) is 7.23. The van der Waals surface area contributed by atoms with E-state index in [9.17, 15) is 4.79 Å². The van der Waals surface area contributed by atoms with E-state index in [0.717, 1.165) is 39.4 Å². The van der Waals surface area contributed by atoms with Crippen LogP contribution in [0.1, 0.15) is 15.9 Å². The Bertz CT molecular complexity index is 1590. The molecule has 0 spiro atoms. The van der Waals surface area contributed by atoms with Crippen molar-refractivity contribution >= 4 is 22.8 Å². The minimum atomic E-state index is 0.0378. The molecule has 7 heteroatoms. The third-order valence-corrected chi connectivity index (χ3v) is 7.23. The largest absolute Gasteiger partial charge is 0.497 e. The quantitative estimate of drug-likeness (QED) is 0.323. The normalized spacial score (nSPS) is 13.6. The highest BCUT2D eigenvalue weighted by molar-refractivity contribution is 6.02. The average Bonchev–Trinajstić information content (AvgIpc) is 3.37. The molecule has 1 aliphatic heterocycles. The van der Waals surface area contributed by atoms with Crippen molar-refractivity contribution in [3.05, 3.63) is 103 Å². The number of hydrogen-bond donors (Lipinski definition) is 0. The number of rotatable bonds is 5. The SMILES string of the molecule is COc1ccc(C(=O)N2CCN(c3ncnc4c3c(-c3ccccc3)cn4-c3ccccc3C)CC2)cc1. The number of carbonyl (C=O) groups excluding carboxylic acids is 1. The highest BCUT2D eigenvalue weighted by Crippen LogP contribution is 2.37. The molecule has 0 bridgehead atoms. The van der Waals surface area contributed by atoms with Gasteiger partial charge in [-0.3, -0.25) is 4.79 Å². The molecule has 3 heterocycles. The summed E-state index contributed by atoms with van der Waals surface area (Å²) in [6.45, 7) is 4.74. The number of aromatic nitrogens is 3. The molecule has 1 saturated heterocycles. The topological polar surface area (TPSA) is 63.5 Å². The number of carbonyl (C=O) groups is 1.